The molecule has 0 amide bonds. The number of aliphatic carboxylic acids is 1. The van der Waals surface area contributed by atoms with Gasteiger partial charge in [0.1, 0.15) is 0 Å². The number of hydrogen-bond acceptors (Lipinski definition) is 2. The van der Waals surface area contributed by atoms with Crippen LogP contribution in [0.4, 0.5) is 0 Å². The maximum absolute atomic E-state index is 10.6. The van der Waals surface area contributed by atoms with Gasteiger partial charge in [-0.25, -0.2) is 4.79 Å². The van der Waals surface area contributed by atoms with Crippen molar-refractivity contribution in [1.29, 1.82) is 0 Å². The van der Waals surface area contributed by atoms with E-state index >= 15 is 0 Å². The average molecular weight is 197 g/mol. The summed E-state index contributed by atoms with van der Waals surface area (Å²) in [6, 6.07) is 0.628. The monoisotopic (exact) mass is 197 g/mol. The van der Waals surface area contributed by atoms with Gasteiger partial charge in [-0.3, -0.25) is 0 Å². The highest BCUT2D eigenvalue weighted by atomic mass is 16.4. The molecule has 0 spiro atoms. The fourth-order valence-corrected chi connectivity index (χ4v) is 1.67. The molecule has 3 heteroatoms. The van der Waals surface area contributed by atoms with Crippen molar-refractivity contribution in [3.8, 4) is 0 Å². The average Bonchev–Trinajstić information content (AvgIpc) is 2.90. The van der Waals surface area contributed by atoms with Gasteiger partial charge in [-0.2, -0.15) is 0 Å². The highest BCUT2D eigenvalue weighted by molar-refractivity contribution is 5.86. The maximum atomic E-state index is 10.6. The van der Waals surface area contributed by atoms with Crippen molar-refractivity contribution in [2.75, 3.05) is 6.54 Å². The summed E-state index contributed by atoms with van der Waals surface area (Å²) in [5.41, 5.74) is 0.506. The van der Waals surface area contributed by atoms with Crippen molar-refractivity contribution < 1.29 is 9.90 Å². The summed E-state index contributed by atoms with van der Waals surface area (Å²) in [6.45, 7) is 4.75. The van der Waals surface area contributed by atoms with Gasteiger partial charge in [0.15, 0.2) is 0 Å². The molecule has 1 fully saturated rings. The molecule has 0 saturated heterocycles. The van der Waals surface area contributed by atoms with Crippen molar-refractivity contribution in [1.82, 2.24) is 5.32 Å². The van der Waals surface area contributed by atoms with Crippen molar-refractivity contribution in [2.45, 2.75) is 39.2 Å². The van der Waals surface area contributed by atoms with Crippen LogP contribution in [0.2, 0.25) is 0 Å². The summed E-state index contributed by atoms with van der Waals surface area (Å²) >= 11 is 0. The van der Waals surface area contributed by atoms with Crippen LogP contribution in [0.25, 0.3) is 0 Å². The van der Waals surface area contributed by atoms with Gasteiger partial charge in [0.25, 0.3) is 0 Å². The maximum Gasteiger partial charge on any atom is 0.331 e. The third-order valence-corrected chi connectivity index (χ3v) is 2.83. The lowest BCUT2D eigenvalue weighted by Crippen LogP contribution is -2.19. The van der Waals surface area contributed by atoms with Gasteiger partial charge in [0.2, 0.25) is 0 Å². The largest absolute Gasteiger partial charge is 0.478 e. The first-order valence-corrected chi connectivity index (χ1v) is 5.34. The molecule has 80 valence electrons. The molecule has 1 saturated carbocycles. The minimum absolute atomic E-state index is 0.506. The molecular formula is C11H19NO2. The molecule has 1 aliphatic rings. The fraction of sp³-hybridized carbons (Fsp3) is 0.727. The van der Waals surface area contributed by atoms with Gasteiger partial charge < -0.3 is 10.4 Å². The summed E-state index contributed by atoms with van der Waals surface area (Å²) in [5.74, 6) is 0.0236. The Hall–Kier alpha value is -0.830. The molecule has 1 aliphatic carbocycles. The van der Waals surface area contributed by atoms with E-state index in [1.54, 1.807) is 6.08 Å². The van der Waals surface area contributed by atoms with Gasteiger partial charge in [-0.05, 0) is 18.8 Å². The molecule has 0 aromatic rings. The highest BCUT2D eigenvalue weighted by Gasteiger charge is 2.34. The predicted octanol–water partition coefficient (Wildman–Crippen LogP) is 1.80. The first-order valence-electron chi connectivity index (χ1n) is 5.34. The van der Waals surface area contributed by atoms with Crippen LogP contribution in [0, 0.1) is 5.92 Å². The zero-order valence-corrected chi connectivity index (χ0v) is 8.92. The summed E-state index contributed by atoms with van der Waals surface area (Å²) in [6.07, 6.45) is 4.85. The molecule has 2 unspecified atom stereocenters. The number of nitrogens with one attached hydrogen (secondary N) is 1. The lowest BCUT2D eigenvalue weighted by Gasteiger charge is -2.00. The molecule has 0 heterocycles. The third-order valence-electron chi connectivity index (χ3n) is 2.83. The number of rotatable bonds is 6. The summed E-state index contributed by atoms with van der Waals surface area (Å²) in [7, 11) is 0. The topological polar surface area (TPSA) is 49.3 Å². The molecule has 0 radical (unpaired) electrons. The van der Waals surface area contributed by atoms with Crippen molar-refractivity contribution >= 4 is 5.97 Å². The number of carbonyl (C=O) groups is 1. The molecule has 2 N–H and O–H groups in total. The third kappa shape index (κ3) is 3.14. The standard InChI is InChI=1S/C11H19NO2/c1-3-8(11(13)14)5-6-12-10-7-9(10)4-2/h5,9-10,12H,3-4,6-7H2,1-2H3,(H,13,14)/b8-5-. The van der Waals surface area contributed by atoms with E-state index in [2.05, 4.69) is 12.2 Å². The van der Waals surface area contributed by atoms with Crippen LogP contribution < -0.4 is 5.32 Å². The van der Waals surface area contributed by atoms with Crippen molar-refractivity contribution in [3.63, 3.8) is 0 Å². The minimum atomic E-state index is -0.794. The van der Waals surface area contributed by atoms with Gasteiger partial charge in [-0.15, -0.1) is 0 Å². The van der Waals surface area contributed by atoms with E-state index in [-0.39, 0.29) is 0 Å². The Bertz CT molecular complexity index is 235. The molecule has 0 aliphatic heterocycles. The SMILES string of the molecule is CC/C(=C/CNC1CC1CC)C(=O)O. The van der Waals surface area contributed by atoms with Crippen LogP contribution in [-0.4, -0.2) is 23.7 Å². The van der Waals surface area contributed by atoms with E-state index < -0.39 is 5.97 Å². The molecule has 2 atom stereocenters. The highest BCUT2D eigenvalue weighted by Crippen LogP contribution is 2.32. The van der Waals surface area contributed by atoms with Crippen LogP contribution in [0.3, 0.4) is 0 Å². The van der Waals surface area contributed by atoms with Crippen molar-refractivity contribution in [2.24, 2.45) is 5.92 Å². The summed E-state index contributed by atoms with van der Waals surface area (Å²) in [4.78, 5) is 10.6. The van der Waals surface area contributed by atoms with E-state index in [0.717, 1.165) is 5.92 Å². The Morgan fingerprint density at radius 3 is 2.71 bits per heavy atom. The smallest absolute Gasteiger partial charge is 0.331 e. The fourth-order valence-electron chi connectivity index (χ4n) is 1.67. The molecule has 0 aromatic heterocycles. The molecule has 1 rings (SSSR count). The van der Waals surface area contributed by atoms with Crippen LogP contribution in [0.1, 0.15) is 33.1 Å². The van der Waals surface area contributed by atoms with Gasteiger partial charge in [0.05, 0.1) is 0 Å². The zero-order chi connectivity index (χ0) is 10.6. The van der Waals surface area contributed by atoms with Crippen LogP contribution in [-0.2, 0) is 4.79 Å². The Balaban J connectivity index is 2.22. The Morgan fingerprint density at radius 2 is 2.29 bits per heavy atom. The molecule has 0 bridgehead atoms. The van der Waals surface area contributed by atoms with E-state index in [1.165, 1.54) is 12.8 Å². The molecule has 3 nitrogen and oxygen atoms in total. The Kier molecular flexibility index (Phi) is 4.14. The van der Waals surface area contributed by atoms with E-state index in [0.29, 0.717) is 24.6 Å². The normalized spacial score (nSPS) is 26.3. The second-order valence-electron chi connectivity index (χ2n) is 3.81. The Labute approximate surface area is 85.2 Å². The second kappa shape index (κ2) is 5.15. The van der Waals surface area contributed by atoms with Crippen LogP contribution >= 0.6 is 0 Å². The van der Waals surface area contributed by atoms with E-state index in [4.69, 9.17) is 5.11 Å². The summed E-state index contributed by atoms with van der Waals surface area (Å²) in [5, 5.41) is 12.1. The quantitative estimate of drug-likeness (QED) is 0.638. The number of carboxylic acids is 1. The van der Waals surface area contributed by atoms with Crippen LogP contribution in [0.5, 0.6) is 0 Å². The number of carboxylic acid groups (broad SMARTS) is 1. The lowest BCUT2D eigenvalue weighted by molar-refractivity contribution is -0.132. The van der Waals surface area contributed by atoms with E-state index in [1.807, 2.05) is 6.92 Å². The predicted molar refractivity (Wildman–Crippen MR) is 56.2 cm³/mol. The van der Waals surface area contributed by atoms with Gasteiger partial charge in [-0.1, -0.05) is 26.3 Å². The first kappa shape index (κ1) is 11.2. The summed E-state index contributed by atoms with van der Waals surface area (Å²) < 4.78 is 0. The Morgan fingerprint density at radius 1 is 1.57 bits per heavy atom. The zero-order valence-electron chi connectivity index (χ0n) is 8.92. The minimum Gasteiger partial charge on any atom is -0.478 e. The molecular weight excluding hydrogens is 178 g/mol. The number of hydrogen-bond donors (Lipinski definition) is 2. The van der Waals surface area contributed by atoms with Crippen LogP contribution in [0.15, 0.2) is 11.6 Å². The van der Waals surface area contributed by atoms with Gasteiger partial charge >= 0.3 is 5.97 Å². The van der Waals surface area contributed by atoms with Gasteiger partial charge in [0, 0.05) is 18.2 Å². The molecule has 14 heavy (non-hydrogen) atoms. The second-order valence-corrected chi connectivity index (χ2v) is 3.81. The molecule has 0 aromatic carbocycles. The van der Waals surface area contributed by atoms with Crippen molar-refractivity contribution in [3.05, 3.63) is 11.6 Å². The van der Waals surface area contributed by atoms with E-state index in [9.17, 15) is 4.79 Å². The first-order chi connectivity index (χ1) is 6.69. The lowest BCUT2D eigenvalue weighted by atomic mass is 10.2.